The molecule has 0 aromatic rings. The third-order valence-corrected chi connectivity index (χ3v) is 1.84. The van der Waals surface area contributed by atoms with Crippen LogP contribution in [0.3, 0.4) is 0 Å². The highest BCUT2D eigenvalue weighted by Gasteiger charge is 1.99. The first-order valence-electron chi connectivity index (χ1n) is 4.53. The van der Waals surface area contributed by atoms with Gasteiger partial charge in [0, 0.05) is 0 Å². The van der Waals surface area contributed by atoms with E-state index in [1.165, 1.54) is 0 Å². The first-order chi connectivity index (χ1) is 5.70. The van der Waals surface area contributed by atoms with Gasteiger partial charge in [-0.15, -0.1) is 0 Å². The Bertz CT molecular complexity index is 164. The van der Waals surface area contributed by atoms with Crippen LogP contribution in [0.15, 0.2) is 11.8 Å². The van der Waals surface area contributed by atoms with Crippen LogP contribution in [0.25, 0.3) is 0 Å². The molecule has 12 heavy (non-hydrogen) atoms. The lowest BCUT2D eigenvalue weighted by Crippen LogP contribution is -1.90. The quantitative estimate of drug-likeness (QED) is 0.350. The molecule has 0 spiro atoms. The average molecular weight is 171 g/mol. The summed E-state index contributed by atoms with van der Waals surface area (Å²) in [6.07, 6.45) is 6.22. The predicted octanol–water partition coefficient (Wildman–Crippen LogP) is 3.14. The van der Waals surface area contributed by atoms with Crippen LogP contribution in [-0.2, 0) is 0 Å². The Kier molecular flexibility index (Phi) is 6.34. The van der Waals surface area contributed by atoms with Gasteiger partial charge < -0.3 is 0 Å². The first-order valence-corrected chi connectivity index (χ1v) is 4.53. The third-order valence-electron chi connectivity index (χ3n) is 1.84. The molecular formula is C9H17NO2. The van der Waals surface area contributed by atoms with Gasteiger partial charge in [-0.25, -0.2) is 0 Å². The zero-order valence-electron chi connectivity index (χ0n) is 7.88. The molecule has 0 aromatic heterocycles. The minimum atomic E-state index is -0.356. The molecule has 0 aromatic carbocycles. The fourth-order valence-corrected chi connectivity index (χ4v) is 1.08. The van der Waals surface area contributed by atoms with Crippen LogP contribution >= 0.6 is 0 Å². The van der Waals surface area contributed by atoms with Crippen LogP contribution in [0.2, 0.25) is 0 Å². The van der Waals surface area contributed by atoms with E-state index in [0.29, 0.717) is 0 Å². The van der Waals surface area contributed by atoms with Gasteiger partial charge in [0.2, 0.25) is 6.20 Å². The summed E-state index contributed by atoms with van der Waals surface area (Å²) in [5, 5.41) is 10.1. The van der Waals surface area contributed by atoms with Crippen molar-refractivity contribution in [1.29, 1.82) is 0 Å². The Morgan fingerprint density at radius 2 is 2.08 bits per heavy atom. The van der Waals surface area contributed by atoms with Crippen LogP contribution in [0, 0.1) is 10.1 Å². The van der Waals surface area contributed by atoms with Crippen LogP contribution in [0.4, 0.5) is 0 Å². The van der Waals surface area contributed by atoms with Crippen molar-refractivity contribution >= 4 is 0 Å². The van der Waals surface area contributed by atoms with Gasteiger partial charge in [0.25, 0.3) is 0 Å². The summed E-state index contributed by atoms with van der Waals surface area (Å²) in [5.74, 6) is 0. The molecule has 0 saturated heterocycles. The molecular weight excluding hydrogens is 154 g/mol. The van der Waals surface area contributed by atoms with E-state index >= 15 is 0 Å². The van der Waals surface area contributed by atoms with Gasteiger partial charge in [-0.1, -0.05) is 26.7 Å². The van der Waals surface area contributed by atoms with Crippen molar-refractivity contribution in [2.75, 3.05) is 0 Å². The molecule has 3 heteroatoms. The van der Waals surface area contributed by atoms with Crippen molar-refractivity contribution in [3.05, 3.63) is 21.9 Å². The molecule has 0 amide bonds. The second-order valence-corrected chi connectivity index (χ2v) is 2.88. The normalized spacial score (nSPS) is 11.7. The van der Waals surface area contributed by atoms with Crippen LogP contribution in [0.1, 0.15) is 46.0 Å². The standard InChI is InChI=1S/C9H17NO2/c1-3-5-6-7-9(4-2)8-10(11)12/h8H,3-7H2,1-2H3/b9-8-. The molecule has 0 radical (unpaired) electrons. The summed E-state index contributed by atoms with van der Waals surface area (Å²) in [7, 11) is 0. The smallest absolute Gasteiger partial charge is 0.233 e. The van der Waals surface area contributed by atoms with E-state index in [1.807, 2.05) is 6.92 Å². The molecule has 0 bridgehead atoms. The largest absolute Gasteiger partial charge is 0.259 e. The van der Waals surface area contributed by atoms with Crippen molar-refractivity contribution in [3.63, 3.8) is 0 Å². The number of nitro groups is 1. The Morgan fingerprint density at radius 3 is 2.50 bits per heavy atom. The van der Waals surface area contributed by atoms with Crippen LogP contribution in [0.5, 0.6) is 0 Å². The number of hydrogen-bond donors (Lipinski definition) is 0. The van der Waals surface area contributed by atoms with Crippen molar-refractivity contribution in [1.82, 2.24) is 0 Å². The molecule has 0 aliphatic heterocycles. The fourth-order valence-electron chi connectivity index (χ4n) is 1.08. The van der Waals surface area contributed by atoms with E-state index < -0.39 is 0 Å². The Hall–Kier alpha value is -0.860. The molecule has 0 N–H and O–H groups in total. The van der Waals surface area contributed by atoms with E-state index in [4.69, 9.17) is 0 Å². The zero-order valence-corrected chi connectivity index (χ0v) is 7.88. The van der Waals surface area contributed by atoms with E-state index in [-0.39, 0.29) is 4.92 Å². The van der Waals surface area contributed by atoms with Crippen LogP contribution in [-0.4, -0.2) is 4.92 Å². The van der Waals surface area contributed by atoms with E-state index in [0.717, 1.165) is 43.9 Å². The van der Waals surface area contributed by atoms with Gasteiger partial charge in [-0.3, -0.25) is 10.1 Å². The van der Waals surface area contributed by atoms with Gasteiger partial charge >= 0.3 is 0 Å². The topological polar surface area (TPSA) is 43.1 Å². The van der Waals surface area contributed by atoms with Gasteiger partial charge in [-0.2, -0.15) is 0 Å². The molecule has 0 fully saturated rings. The summed E-state index contributed by atoms with van der Waals surface area (Å²) in [5.41, 5.74) is 0.952. The molecule has 0 aliphatic carbocycles. The Labute approximate surface area is 73.6 Å². The SMILES string of the molecule is CCCCC/C(=C\[N+](=O)[O-])CC. The van der Waals surface area contributed by atoms with E-state index in [1.54, 1.807) is 0 Å². The molecule has 0 saturated carbocycles. The van der Waals surface area contributed by atoms with E-state index in [9.17, 15) is 10.1 Å². The van der Waals surface area contributed by atoms with Gasteiger partial charge in [0.1, 0.15) is 0 Å². The molecule has 0 atom stereocenters. The van der Waals surface area contributed by atoms with Gasteiger partial charge in [0.05, 0.1) is 4.92 Å². The molecule has 0 rings (SSSR count). The van der Waals surface area contributed by atoms with Gasteiger partial charge in [0.15, 0.2) is 0 Å². The molecule has 0 unspecified atom stereocenters. The minimum Gasteiger partial charge on any atom is -0.259 e. The Morgan fingerprint density at radius 1 is 1.42 bits per heavy atom. The van der Waals surface area contributed by atoms with Crippen molar-refractivity contribution in [2.45, 2.75) is 46.0 Å². The summed E-state index contributed by atoms with van der Waals surface area (Å²) in [6.45, 7) is 4.09. The molecule has 70 valence electrons. The number of hydrogen-bond acceptors (Lipinski definition) is 2. The van der Waals surface area contributed by atoms with Crippen molar-refractivity contribution in [3.8, 4) is 0 Å². The number of unbranched alkanes of at least 4 members (excludes halogenated alkanes) is 2. The molecule has 3 nitrogen and oxygen atoms in total. The lowest BCUT2D eigenvalue weighted by Gasteiger charge is -1.99. The highest BCUT2D eigenvalue weighted by molar-refractivity contribution is 4.95. The fraction of sp³-hybridized carbons (Fsp3) is 0.778. The number of allylic oxidation sites excluding steroid dienone is 1. The van der Waals surface area contributed by atoms with E-state index in [2.05, 4.69) is 6.92 Å². The third kappa shape index (κ3) is 5.89. The second kappa shape index (κ2) is 6.83. The predicted molar refractivity (Wildman–Crippen MR) is 49.5 cm³/mol. The lowest BCUT2D eigenvalue weighted by atomic mass is 10.1. The summed E-state index contributed by atoms with van der Waals surface area (Å²) < 4.78 is 0. The van der Waals surface area contributed by atoms with Crippen LogP contribution < -0.4 is 0 Å². The number of rotatable bonds is 6. The zero-order chi connectivity index (χ0) is 9.40. The Balaban J connectivity index is 3.75. The van der Waals surface area contributed by atoms with Crippen molar-refractivity contribution < 1.29 is 4.92 Å². The monoisotopic (exact) mass is 171 g/mol. The number of nitrogens with zero attached hydrogens (tertiary/aromatic N) is 1. The second-order valence-electron chi connectivity index (χ2n) is 2.88. The maximum Gasteiger partial charge on any atom is 0.233 e. The summed E-state index contributed by atoms with van der Waals surface area (Å²) in [4.78, 5) is 9.77. The first kappa shape index (κ1) is 11.1. The van der Waals surface area contributed by atoms with Gasteiger partial charge in [-0.05, 0) is 24.8 Å². The van der Waals surface area contributed by atoms with Crippen molar-refractivity contribution in [2.24, 2.45) is 0 Å². The molecule has 0 aliphatic rings. The minimum absolute atomic E-state index is 0.356. The lowest BCUT2D eigenvalue weighted by molar-refractivity contribution is -0.403. The average Bonchev–Trinajstić information content (AvgIpc) is 2.02. The summed E-state index contributed by atoms with van der Waals surface area (Å²) >= 11 is 0. The highest BCUT2D eigenvalue weighted by atomic mass is 16.6. The highest BCUT2D eigenvalue weighted by Crippen LogP contribution is 2.11. The maximum absolute atomic E-state index is 10.1. The maximum atomic E-state index is 10.1. The molecule has 0 heterocycles. The summed E-state index contributed by atoms with van der Waals surface area (Å²) in [6, 6.07) is 0.